The highest BCUT2D eigenvalue weighted by molar-refractivity contribution is 9.09. The van der Waals surface area contributed by atoms with Crippen LogP contribution < -0.4 is 9.47 Å². The minimum atomic E-state index is -1.64. The monoisotopic (exact) mass is 455 g/mol. The van der Waals surface area contributed by atoms with Crippen LogP contribution in [0, 0.1) is 0 Å². The number of hydrogen-bond donors (Lipinski definition) is 0. The third-order valence-corrected chi connectivity index (χ3v) is 5.42. The van der Waals surface area contributed by atoms with Crippen molar-refractivity contribution in [2.45, 2.75) is 5.67 Å². The molecule has 5 heteroatoms. The van der Waals surface area contributed by atoms with E-state index in [4.69, 9.17) is 9.47 Å². The van der Waals surface area contributed by atoms with Crippen LogP contribution in [0.25, 0.3) is 0 Å². The molecule has 0 saturated carbocycles. The zero-order valence-corrected chi connectivity index (χ0v) is 17.8. The molecule has 0 fully saturated rings. The maximum atomic E-state index is 15.4. The van der Waals surface area contributed by atoms with E-state index in [1.807, 2.05) is 60.7 Å². The minimum Gasteiger partial charge on any atom is -0.497 e. The number of methoxy groups -OCH3 is 1. The van der Waals surface area contributed by atoms with Gasteiger partial charge in [0.15, 0.2) is 5.67 Å². The Balaban J connectivity index is 1.77. The third-order valence-electron chi connectivity index (χ3n) is 4.41. The van der Waals surface area contributed by atoms with Crippen LogP contribution in [0.15, 0.2) is 89.9 Å². The Morgan fingerprint density at radius 3 is 1.86 bits per heavy atom. The van der Waals surface area contributed by atoms with Gasteiger partial charge in [0, 0.05) is 16.5 Å². The highest BCUT2D eigenvalue weighted by Gasteiger charge is 2.30. The van der Waals surface area contributed by atoms with Gasteiger partial charge in [0.1, 0.15) is 18.1 Å². The molecule has 0 aliphatic carbocycles. The number of hydrogen-bond acceptors (Lipinski definition) is 3. The van der Waals surface area contributed by atoms with Crippen LogP contribution in [-0.4, -0.2) is 37.0 Å². The van der Waals surface area contributed by atoms with Gasteiger partial charge in [-0.3, -0.25) is 4.99 Å². The first-order valence-corrected chi connectivity index (χ1v) is 10.4. The number of halogens is 2. The van der Waals surface area contributed by atoms with Gasteiger partial charge in [-0.2, -0.15) is 0 Å². The summed E-state index contributed by atoms with van der Waals surface area (Å²) in [6, 6.07) is 26.7. The van der Waals surface area contributed by atoms with Gasteiger partial charge < -0.3 is 9.47 Å². The fraction of sp³-hybridized carbons (Fsp3) is 0.208. The van der Waals surface area contributed by atoms with Gasteiger partial charge in [-0.15, -0.1) is 0 Å². The number of nitrogens with zero attached hydrogens (tertiary/aromatic N) is 1. The van der Waals surface area contributed by atoms with E-state index in [-0.39, 0.29) is 18.5 Å². The second-order valence-corrected chi connectivity index (χ2v) is 7.21. The molecule has 3 aromatic rings. The molecule has 0 bridgehead atoms. The van der Waals surface area contributed by atoms with Crippen molar-refractivity contribution in [2.75, 3.05) is 25.6 Å². The summed E-state index contributed by atoms with van der Waals surface area (Å²) in [5.74, 6) is 1.31. The quantitative estimate of drug-likeness (QED) is 0.305. The van der Waals surface area contributed by atoms with Crippen molar-refractivity contribution in [3.8, 4) is 11.5 Å². The Hall–Kier alpha value is -2.66. The van der Waals surface area contributed by atoms with Gasteiger partial charge in [0.25, 0.3) is 0 Å². The summed E-state index contributed by atoms with van der Waals surface area (Å²) >= 11 is 3.29. The Labute approximate surface area is 179 Å². The van der Waals surface area contributed by atoms with E-state index in [1.54, 1.807) is 31.4 Å². The molecule has 1 atom stereocenters. The average Bonchev–Trinajstić information content (AvgIpc) is 2.79. The second-order valence-electron chi connectivity index (χ2n) is 6.65. The summed E-state index contributed by atoms with van der Waals surface area (Å²) in [4.78, 5) is 4.66. The van der Waals surface area contributed by atoms with Crippen molar-refractivity contribution >= 4 is 21.6 Å². The van der Waals surface area contributed by atoms with Gasteiger partial charge in [-0.25, -0.2) is 4.39 Å². The summed E-state index contributed by atoms with van der Waals surface area (Å²) < 4.78 is 26.2. The van der Waals surface area contributed by atoms with Crippen molar-refractivity contribution in [1.29, 1.82) is 0 Å². The predicted octanol–water partition coefficient (Wildman–Crippen LogP) is 5.71. The molecule has 0 amide bonds. The van der Waals surface area contributed by atoms with E-state index in [0.29, 0.717) is 5.75 Å². The van der Waals surface area contributed by atoms with E-state index in [1.165, 1.54) is 0 Å². The molecule has 3 nitrogen and oxygen atoms in total. The van der Waals surface area contributed by atoms with E-state index in [0.717, 1.165) is 22.6 Å². The zero-order chi connectivity index (χ0) is 20.5. The van der Waals surface area contributed by atoms with Crippen LogP contribution in [0.4, 0.5) is 4.39 Å². The number of aliphatic imine (C=N–C) groups is 1. The lowest BCUT2D eigenvalue weighted by Gasteiger charge is -2.22. The van der Waals surface area contributed by atoms with Crippen molar-refractivity contribution in [3.63, 3.8) is 0 Å². The van der Waals surface area contributed by atoms with E-state index in [2.05, 4.69) is 20.9 Å². The van der Waals surface area contributed by atoms with Crippen LogP contribution in [-0.2, 0) is 0 Å². The molecule has 0 aliphatic heterocycles. The lowest BCUT2D eigenvalue weighted by atomic mass is 10.0. The minimum absolute atomic E-state index is 0.0203. The van der Waals surface area contributed by atoms with Crippen LogP contribution in [0.5, 0.6) is 11.5 Å². The Morgan fingerprint density at radius 2 is 1.38 bits per heavy atom. The second kappa shape index (κ2) is 10.2. The maximum Gasteiger partial charge on any atom is 0.173 e. The third kappa shape index (κ3) is 5.91. The SMILES string of the molecule is COc1ccc(OCC(F)(CBr)CN=C(c2ccccc2)c2ccccc2)cc1. The summed E-state index contributed by atoms with van der Waals surface area (Å²) in [5, 5.41) is 0.122. The van der Waals surface area contributed by atoms with Crippen molar-refractivity contribution in [2.24, 2.45) is 4.99 Å². The smallest absolute Gasteiger partial charge is 0.173 e. The lowest BCUT2D eigenvalue weighted by molar-refractivity contribution is 0.116. The standard InChI is InChI=1S/C24H23BrFNO2/c1-28-21-12-14-22(15-13-21)29-18-24(26,16-25)17-27-23(19-8-4-2-5-9-19)20-10-6-3-7-11-20/h2-15H,16-18H2,1H3. The highest BCUT2D eigenvalue weighted by atomic mass is 79.9. The summed E-state index contributed by atoms with van der Waals surface area (Å²) in [5.41, 5.74) is 1.02. The lowest BCUT2D eigenvalue weighted by Crippen LogP contribution is -2.36. The molecule has 0 radical (unpaired) electrons. The summed E-state index contributed by atoms with van der Waals surface area (Å²) in [6.07, 6.45) is 0. The molecule has 0 aromatic heterocycles. The van der Waals surface area contributed by atoms with E-state index < -0.39 is 5.67 Å². The Kier molecular flexibility index (Phi) is 7.42. The first kappa shape index (κ1) is 21.1. The average molecular weight is 456 g/mol. The first-order chi connectivity index (χ1) is 14.1. The van der Waals surface area contributed by atoms with Gasteiger partial charge in [-0.05, 0) is 24.3 Å². The molecule has 0 N–H and O–H groups in total. The van der Waals surface area contributed by atoms with Crippen LogP contribution in [0.3, 0.4) is 0 Å². The first-order valence-electron chi connectivity index (χ1n) is 9.30. The largest absolute Gasteiger partial charge is 0.497 e. The highest BCUT2D eigenvalue weighted by Crippen LogP contribution is 2.22. The zero-order valence-electron chi connectivity index (χ0n) is 16.2. The molecule has 3 aromatic carbocycles. The number of alkyl halides is 2. The number of rotatable bonds is 9. The molecule has 0 heterocycles. The van der Waals surface area contributed by atoms with Crippen LogP contribution >= 0.6 is 15.9 Å². The topological polar surface area (TPSA) is 30.8 Å². The Morgan fingerprint density at radius 1 is 0.862 bits per heavy atom. The van der Waals surface area contributed by atoms with Gasteiger partial charge >= 0.3 is 0 Å². The normalized spacial score (nSPS) is 12.7. The molecule has 150 valence electrons. The van der Waals surface area contributed by atoms with E-state index >= 15 is 4.39 Å². The van der Waals surface area contributed by atoms with Crippen molar-refractivity contribution < 1.29 is 13.9 Å². The molecular formula is C24H23BrFNO2. The van der Waals surface area contributed by atoms with Gasteiger partial charge in [-0.1, -0.05) is 76.6 Å². The predicted molar refractivity (Wildman–Crippen MR) is 120 cm³/mol. The van der Waals surface area contributed by atoms with E-state index in [9.17, 15) is 0 Å². The molecule has 1 unspecified atom stereocenters. The molecule has 0 aliphatic rings. The van der Waals surface area contributed by atoms with Gasteiger partial charge in [0.2, 0.25) is 0 Å². The fourth-order valence-corrected chi connectivity index (χ4v) is 3.11. The molecule has 3 rings (SSSR count). The molecule has 29 heavy (non-hydrogen) atoms. The summed E-state index contributed by atoms with van der Waals surface area (Å²) in [6.45, 7) is -0.127. The molecular weight excluding hydrogens is 433 g/mol. The number of ether oxygens (including phenoxy) is 2. The summed E-state index contributed by atoms with van der Waals surface area (Å²) in [7, 11) is 1.60. The number of benzene rings is 3. The maximum absolute atomic E-state index is 15.4. The van der Waals surface area contributed by atoms with Gasteiger partial charge in [0.05, 0.1) is 19.4 Å². The fourth-order valence-electron chi connectivity index (χ4n) is 2.77. The van der Waals surface area contributed by atoms with Crippen molar-refractivity contribution in [3.05, 3.63) is 96.1 Å². The molecule has 0 spiro atoms. The van der Waals surface area contributed by atoms with Crippen LogP contribution in [0.1, 0.15) is 11.1 Å². The van der Waals surface area contributed by atoms with Crippen molar-refractivity contribution in [1.82, 2.24) is 0 Å². The Bertz CT molecular complexity index is 875. The molecule has 0 saturated heterocycles. The van der Waals surface area contributed by atoms with Crippen LogP contribution in [0.2, 0.25) is 0 Å².